The van der Waals surface area contributed by atoms with E-state index in [1.54, 1.807) is 0 Å². The first kappa shape index (κ1) is 15.7. The molecule has 4 rings (SSSR count). The van der Waals surface area contributed by atoms with Gasteiger partial charge in [0.05, 0.1) is 18.6 Å². The Hall–Kier alpha value is -1.85. The van der Waals surface area contributed by atoms with Gasteiger partial charge in [-0.15, -0.1) is 0 Å². The number of carbonyl (C=O) groups is 1. The van der Waals surface area contributed by atoms with Crippen LogP contribution in [-0.2, 0) is 22.6 Å². The van der Waals surface area contributed by atoms with Crippen molar-refractivity contribution in [2.75, 3.05) is 26.4 Å². The van der Waals surface area contributed by atoms with E-state index in [1.165, 1.54) is 16.6 Å². The lowest BCUT2D eigenvalue weighted by atomic mass is 9.79. The fraction of sp³-hybridized carbons (Fsp3) is 0.526. The van der Waals surface area contributed by atoms with Crippen molar-refractivity contribution in [1.29, 1.82) is 0 Å². The molecular formula is C19H24N2O3. The molecule has 0 unspecified atom stereocenters. The summed E-state index contributed by atoms with van der Waals surface area (Å²) in [6.07, 6.45) is 2.17. The van der Waals surface area contributed by atoms with Gasteiger partial charge in [0.1, 0.15) is 0 Å². The molecule has 3 heterocycles. The number of nitrogens with zero attached hydrogens (tertiary/aromatic N) is 2. The third-order valence-electron chi connectivity index (χ3n) is 5.55. The van der Waals surface area contributed by atoms with Crippen molar-refractivity contribution in [2.24, 2.45) is 5.41 Å². The number of hydrogen-bond acceptors (Lipinski definition) is 3. The van der Waals surface area contributed by atoms with Gasteiger partial charge in [0.25, 0.3) is 0 Å². The van der Waals surface area contributed by atoms with Crippen molar-refractivity contribution in [1.82, 2.24) is 9.47 Å². The Bertz CT molecular complexity index is 746. The van der Waals surface area contributed by atoms with E-state index in [1.807, 2.05) is 11.0 Å². The van der Waals surface area contributed by atoms with Crippen LogP contribution < -0.4 is 0 Å². The number of aliphatic hydroxyl groups is 1. The number of rotatable bonds is 2. The third kappa shape index (κ3) is 2.52. The third-order valence-corrected chi connectivity index (χ3v) is 5.55. The van der Waals surface area contributed by atoms with E-state index in [0.29, 0.717) is 32.6 Å². The Kier molecular flexibility index (Phi) is 4.06. The van der Waals surface area contributed by atoms with Gasteiger partial charge in [0.2, 0.25) is 5.91 Å². The van der Waals surface area contributed by atoms with Crippen LogP contribution in [0.1, 0.15) is 25.0 Å². The summed E-state index contributed by atoms with van der Waals surface area (Å²) in [5.41, 5.74) is 1.77. The van der Waals surface area contributed by atoms with E-state index in [0.717, 1.165) is 19.5 Å². The molecule has 1 aromatic carbocycles. The van der Waals surface area contributed by atoms with Crippen molar-refractivity contribution in [3.05, 3.63) is 36.0 Å². The van der Waals surface area contributed by atoms with Crippen LogP contribution in [0.2, 0.25) is 0 Å². The predicted molar refractivity (Wildman–Crippen MR) is 91.5 cm³/mol. The lowest BCUT2D eigenvalue weighted by Gasteiger charge is -2.38. The second-order valence-corrected chi connectivity index (χ2v) is 6.98. The molecule has 1 amide bonds. The maximum absolute atomic E-state index is 13.2. The Morgan fingerprint density at radius 1 is 1.21 bits per heavy atom. The number of benzene rings is 1. The second kappa shape index (κ2) is 6.22. The number of carbonyl (C=O) groups excluding carboxylic acids is 1. The van der Waals surface area contributed by atoms with Crippen LogP contribution in [0.25, 0.3) is 10.9 Å². The molecule has 1 saturated heterocycles. The van der Waals surface area contributed by atoms with E-state index in [2.05, 4.69) is 28.8 Å². The molecule has 1 N–H and O–H groups in total. The quantitative estimate of drug-likeness (QED) is 0.919. The van der Waals surface area contributed by atoms with Crippen LogP contribution in [0.15, 0.2) is 30.3 Å². The lowest BCUT2D eigenvalue weighted by Crippen LogP contribution is -2.48. The van der Waals surface area contributed by atoms with Gasteiger partial charge in [-0.2, -0.15) is 0 Å². The first-order valence-electron chi connectivity index (χ1n) is 8.79. The van der Waals surface area contributed by atoms with Crippen molar-refractivity contribution in [3.63, 3.8) is 0 Å². The largest absolute Gasteiger partial charge is 0.395 e. The molecule has 0 aliphatic carbocycles. The molecule has 1 fully saturated rings. The topological polar surface area (TPSA) is 54.7 Å². The highest BCUT2D eigenvalue weighted by molar-refractivity contribution is 5.84. The van der Waals surface area contributed by atoms with E-state index >= 15 is 0 Å². The second-order valence-electron chi connectivity index (χ2n) is 6.98. The van der Waals surface area contributed by atoms with E-state index in [-0.39, 0.29) is 12.5 Å². The van der Waals surface area contributed by atoms with Gasteiger partial charge in [-0.05, 0) is 36.8 Å². The molecule has 0 radical (unpaired) electrons. The van der Waals surface area contributed by atoms with Gasteiger partial charge in [-0.25, -0.2) is 0 Å². The average molecular weight is 328 g/mol. The summed E-state index contributed by atoms with van der Waals surface area (Å²) in [6.45, 7) is 3.32. The van der Waals surface area contributed by atoms with Crippen molar-refractivity contribution >= 4 is 16.8 Å². The molecule has 0 bridgehead atoms. The van der Waals surface area contributed by atoms with Crippen molar-refractivity contribution < 1.29 is 14.6 Å². The van der Waals surface area contributed by atoms with Crippen LogP contribution in [0.4, 0.5) is 0 Å². The summed E-state index contributed by atoms with van der Waals surface area (Å²) in [5, 5.41) is 11.1. The fourth-order valence-electron chi connectivity index (χ4n) is 4.07. The lowest BCUT2D eigenvalue weighted by molar-refractivity contribution is -0.152. The van der Waals surface area contributed by atoms with Crippen LogP contribution in [-0.4, -0.2) is 46.8 Å². The SMILES string of the molecule is O=C(N1CCCn2c(cc3ccccc32)C1)C1(CO)CCOCC1. The zero-order valence-corrected chi connectivity index (χ0v) is 13.9. The molecule has 128 valence electrons. The number of para-hydroxylation sites is 1. The number of aliphatic hydroxyl groups excluding tert-OH is 1. The van der Waals surface area contributed by atoms with E-state index < -0.39 is 5.41 Å². The first-order valence-corrected chi connectivity index (χ1v) is 8.79. The minimum atomic E-state index is -0.653. The summed E-state index contributed by atoms with van der Waals surface area (Å²) in [7, 11) is 0. The summed E-state index contributed by atoms with van der Waals surface area (Å²) >= 11 is 0. The monoisotopic (exact) mass is 328 g/mol. The molecule has 1 aromatic heterocycles. The maximum atomic E-state index is 13.2. The fourth-order valence-corrected chi connectivity index (χ4v) is 4.07. The van der Waals surface area contributed by atoms with Crippen LogP contribution in [0.3, 0.4) is 0 Å². The number of amides is 1. The molecule has 0 saturated carbocycles. The minimum Gasteiger partial charge on any atom is -0.395 e. The van der Waals surface area contributed by atoms with Gasteiger partial charge in [-0.1, -0.05) is 18.2 Å². The molecular weight excluding hydrogens is 304 g/mol. The van der Waals surface area contributed by atoms with Gasteiger partial charge in [0.15, 0.2) is 0 Å². The molecule has 24 heavy (non-hydrogen) atoms. The van der Waals surface area contributed by atoms with Crippen LogP contribution in [0.5, 0.6) is 0 Å². The van der Waals surface area contributed by atoms with Gasteiger partial charge in [-0.3, -0.25) is 4.79 Å². The van der Waals surface area contributed by atoms with Crippen molar-refractivity contribution in [3.8, 4) is 0 Å². The Labute approximate surface area is 141 Å². The van der Waals surface area contributed by atoms with Gasteiger partial charge in [0, 0.05) is 37.5 Å². The highest BCUT2D eigenvalue weighted by Crippen LogP contribution is 2.34. The molecule has 2 aliphatic heterocycles. The maximum Gasteiger partial charge on any atom is 0.231 e. The number of aromatic nitrogens is 1. The summed E-state index contributed by atoms with van der Waals surface area (Å²) in [5.74, 6) is 0.0898. The number of fused-ring (bicyclic) bond motifs is 3. The standard InChI is InChI=1S/C19H24N2O3/c22-14-19(6-10-24-11-7-19)18(23)20-8-3-9-21-16(13-20)12-15-4-1-2-5-17(15)21/h1-2,4-5,12,22H,3,6-11,13-14H2. The van der Waals surface area contributed by atoms with Gasteiger partial charge >= 0.3 is 0 Å². The first-order chi connectivity index (χ1) is 11.7. The average Bonchev–Trinajstić information content (AvgIpc) is 2.84. The number of aryl methyl sites for hydroxylation is 1. The zero-order valence-electron chi connectivity index (χ0n) is 13.9. The molecule has 0 spiro atoms. The summed E-state index contributed by atoms with van der Waals surface area (Å²) < 4.78 is 7.73. The van der Waals surface area contributed by atoms with E-state index in [4.69, 9.17) is 4.74 Å². The molecule has 0 atom stereocenters. The van der Waals surface area contributed by atoms with Gasteiger partial charge < -0.3 is 19.3 Å². The predicted octanol–water partition coefficient (Wildman–Crippen LogP) is 2.16. The normalized spacial score (nSPS) is 20.6. The molecule has 5 heteroatoms. The van der Waals surface area contributed by atoms with Crippen molar-refractivity contribution in [2.45, 2.75) is 32.4 Å². The Morgan fingerprint density at radius 3 is 2.79 bits per heavy atom. The molecule has 2 aromatic rings. The number of hydrogen-bond donors (Lipinski definition) is 1. The minimum absolute atomic E-state index is 0.0886. The smallest absolute Gasteiger partial charge is 0.231 e. The molecule has 2 aliphatic rings. The summed E-state index contributed by atoms with van der Waals surface area (Å²) in [6, 6.07) is 10.6. The number of ether oxygens (including phenoxy) is 1. The van der Waals surface area contributed by atoms with E-state index in [9.17, 15) is 9.90 Å². The van der Waals surface area contributed by atoms with Crippen LogP contribution in [0, 0.1) is 5.41 Å². The highest BCUT2D eigenvalue weighted by atomic mass is 16.5. The zero-order chi connectivity index (χ0) is 16.6. The molecule has 5 nitrogen and oxygen atoms in total. The van der Waals surface area contributed by atoms with Crippen LogP contribution >= 0.6 is 0 Å². The summed E-state index contributed by atoms with van der Waals surface area (Å²) in [4.78, 5) is 15.1. The Morgan fingerprint density at radius 2 is 2.00 bits per heavy atom. The highest BCUT2D eigenvalue weighted by Gasteiger charge is 2.42. The Balaban J connectivity index is 1.64.